The van der Waals surface area contributed by atoms with Crippen molar-refractivity contribution < 1.29 is 5.11 Å². The molecule has 1 aliphatic rings. The summed E-state index contributed by atoms with van der Waals surface area (Å²) >= 11 is 1.42. The summed E-state index contributed by atoms with van der Waals surface area (Å²) in [6.07, 6.45) is 1.76. The Balaban J connectivity index is 1.88. The van der Waals surface area contributed by atoms with Crippen molar-refractivity contribution in [1.29, 1.82) is 0 Å². The Bertz CT molecular complexity index is 1210. The molecule has 1 unspecified atom stereocenters. The molecule has 0 bridgehead atoms. The molecule has 124 valence electrons. The van der Waals surface area contributed by atoms with E-state index < -0.39 is 0 Å². The van der Waals surface area contributed by atoms with E-state index in [1.54, 1.807) is 12.1 Å². The zero-order chi connectivity index (χ0) is 17.1. The van der Waals surface area contributed by atoms with Crippen LogP contribution in [0, 0.1) is 0 Å². The SMILES string of the molecule is NC1Cc2ccc(-c3c(O)ccc4[nH]c(=O)c5sccc5c34)cc2C1. The topological polar surface area (TPSA) is 79.1 Å². The lowest BCUT2D eigenvalue weighted by Crippen LogP contribution is -2.18. The van der Waals surface area contributed by atoms with E-state index >= 15 is 0 Å². The van der Waals surface area contributed by atoms with Crippen LogP contribution in [0.5, 0.6) is 5.75 Å². The number of hydrogen-bond acceptors (Lipinski definition) is 4. The van der Waals surface area contributed by atoms with Crippen molar-refractivity contribution in [2.45, 2.75) is 18.9 Å². The Morgan fingerprint density at radius 3 is 2.84 bits per heavy atom. The summed E-state index contributed by atoms with van der Waals surface area (Å²) in [5, 5.41) is 14.3. The largest absolute Gasteiger partial charge is 0.507 e. The smallest absolute Gasteiger partial charge is 0.266 e. The first-order valence-corrected chi connectivity index (χ1v) is 9.12. The molecule has 2 aromatic heterocycles. The van der Waals surface area contributed by atoms with Crippen LogP contribution in [0.4, 0.5) is 0 Å². The number of pyridine rings is 1. The number of thiophene rings is 1. The van der Waals surface area contributed by atoms with E-state index in [-0.39, 0.29) is 17.4 Å². The van der Waals surface area contributed by atoms with Gasteiger partial charge in [-0.05, 0) is 53.1 Å². The maximum absolute atomic E-state index is 12.3. The highest BCUT2D eigenvalue weighted by atomic mass is 32.1. The highest BCUT2D eigenvalue weighted by Gasteiger charge is 2.21. The van der Waals surface area contributed by atoms with Crippen LogP contribution in [0.1, 0.15) is 11.1 Å². The predicted molar refractivity (Wildman–Crippen MR) is 102 cm³/mol. The molecule has 2 heterocycles. The Hall–Kier alpha value is -2.63. The lowest BCUT2D eigenvalue weighted by Gasteiger charge is -2.12. The van der Waals surface area contributed by atoms with Crippen molar-refractivity contribution in [3.63, 3.8) is 0 Å². The van der Waals surface area contributed by atoms with Crippen molar-refractivity contribution in [2.75, 3.05) is 0 Å². The molecule has 0 saturated heterocycles. The molecule has 1 atom stereocenters. The average Bonchev–Trinajstić information content (AvgIpc) is 3.20. The van der Waals surface area contributed by atoms with Gasteiger partial charge in [0.25, 0.3) is 5.56 Å². The van der Waals surface area contributed by atoms with Crippen molar-refractivity contribution in [3.8, 4) is 16.9 Å². The zero-order valence-corrected chi connectivity index (χ0v) is 14.2. The number of phenols is 1. The van der Waals surface area contributed by atoms with Gasteiger partial charge in [0.2, 0.25) is 0 Å². The second-order valence-electron chi connectivity index (χ2n) is 6.65. The lowest BCUT2D eigenvalue weighted by atomic mass is 9.95. The van der Waals surface area contributed by atoms with Crippen molar-refractivity contribution in [1.82, 2.24) is 4.98 Å². The van der Waals surface area contributed by atoms with Gasteiger partial charge < -0.3 is 15.8 Å². The molecule has 0 amide bonds. The van der Waals surface area contributed by atoms with Crippen LogP contribution in [0.15, 0.2) is 46.6 Å². The van der Waals surface area contributed by atoms with Crippen molar-refractivity contribution in [3.05, 3.63) is 63.3 Å². The van der Waals surface area contributed by atoms with Gasteiger partial charge in [-0.15, -0.1) is 11.3 Å². The monoisotopic (exact) mass is 348 g/mol. The molecule has 0 aliphatic heterocycles. The molecule has 1 aliphatic carbocycles. The van der Waals surface area contributed by atoms with E-state index in [4.69, 9.17) is 5.73 Å². The van der Waals surface area contributed by atoms with Gasteiger partial charge in [0.15, 0.2) is 0 Å². The minimum Gasteiger partial charge on any atom is -0.507 e. The van der Waals surface area contributed by atoms with E-state index in [0.29, 0.717) is 4.70 Å². The average molecular weight is 348 g/mol. The Morgan fingerprint density at radius 1 is 1.12 bits per heavy atom. The van der Waals surface area contributed by atoms with E-state index in [2.05, 4.69) is 17.1 Å². The van der Waals surface area contributed by atoms with Crippen molar-refractivity contribution >= 4 is 32.3 Å². The van der Waals surface area contributed by atoms with Crippen LogP contribution < -0.4 is 11.3 Å². The van der Waals surface area contributed by atoms with E-state index in [9.17, 15) is 9.90 Å². The number of benzene rings is 2. The number of nitrogens with one attached hydrogen (secondary N) is 1. The first-order chi connectivity index (χ1) is 12.1. The summed E-state index contributed by atoms with van der Waals surface area (Å²) in [5.41, 5.74) is 11.0. The molecule has 5 rings (SSSR count). The van der Waals surface area contributed by atoms with E-state index in [1.807, 2.05) is 17.5 Å². The van der Waals surface area contributed by atoms with Gasteiger partial charge in [-0.3, -0.25) is 4.79 Å². The van der Waals surface area contributed by atoms with Gasteiger partial charge in [0.05, 0.1) is 0 Å². The quantitative estimate of drug-likeness (QED) is 0.492. The summed E-state index contributed by atoms with van der Waals surface area (Å²) in [4.78, 5) is 15.2. The van der Waals surface area contributed by atoms with Gasteiger partial charge in [-0.25, -0.2) is 0 Å². The molecule has 0 radical (unpaired) electrons. The number of aromatic hydroxyl groups is 1. The number of nitrogens with two attached hydrogens (primary N) is 1. The summed E-state index contributed by atoms with van der Waals surface area (Å²) in [6.45, 7) is 0. The third-order valence-corrected chi connectivity index (χ3v) is 5.94. The van der Waals surface area contributed by atoms with Gasteiger partial charge in [-0.1, -0.05) is 18.2 Å². The second-order valence-corrected chi connectivity index (χ2v) is 7.57. The van der Waals surface area contributed by atoms with E-state index in [1.165, 1.54) is 22.5 Å². The number of aromatic nitrogens is 1. The van der Waals surface area contributed by atoms with Gasteiger partial charge in [0.1, 0.15) is 10.4 Å². The number of hydrogen-bond donors (Lipinski definition) is 3. The van der Waals surface area contributed by atoms with Crippen LogP contribution in [-0.2, 0) is 12.8 Å². The fourth-order valence-corrected chi connectivity index (χ4v) is 4.73. The van der Waals surface area contributed by atoms with Crippen LogP contribution >= 0.6 is 11.3 Å². The molecule has 0 fully saturated rings. The molecule has 0 saturated carbocycles. The predicted octanol–water partition coefficient (Wildman–Crippen LogP) is 3.54. The normalized spacial score (nSPS) is 16.6. The Kier molecular flexibility index (Phi) is 3.04. The Labute approximate surface area is 147 Å². The van der Waals surface area contributed by atoms with E-state index in [0.717, 1.165) is 40.3 Å². The molecule has 5 heteroatoms. The third kappa shape index (κ3) is 2.13. The molecule has 4 nitrogen and oxygen atoms in total. The Morgan fingerprint density at radius 2 is 1.96 bits per heavy atom. The molecule has 0 spiro atoms. The molecule has 25 heavy (non-hydrogen) atoms. The summed E-state index contributed by atoms with van der Waals surface area (Å²) in [5.74, 6) is 0.217. The molecule has 4 N–H and O–H groups in total. The number of aromatic amines is 1. The van der Waals surface area contributed by atoms with Crippen molar-refractivity contribution in [2.24, 2.45) is 5.73 Å². The number of H-pyrrole nitrogens is 1. The second kappa shape index (κ2) is 5.18. The highest BCUT2D eigenvalue weighted by molar-refractivity contribution is 7.17. The number of fused-ring (bicyclic) bond motifs is 4. The number of rotatable bonds is 1. The van der Waals surface area contributed by atoms with Crippen LogP contribution in [-0.4, -0.2) is 16.1 Å². The minimum atomic E-state index is -0.0888. The van der Waals surface area contributed by atoms with Gasteiger partial charge >= 0.3 is 0 Å². The van der Waals surface area contributed by atoms with Gasteiger partial charge in [-0.2, -0.15) is 0 Å². The van der Waals surface area contributed by atoms with Crippen LogP contribution in [0.25, 0.3) is 32.1 Å². The maximum atomic E-state index is 12.3. The standard InChI is InChI=1S/C20H16N2O2S/c21-13-8-10-1-2-11(7-12(10)9-13)17-16(23)4-3-15-18(17)14-5-6-25-19(14)20(24)22-15/h1-7,13,23H,8-9,21H2,(H,22,24). The fraction of sp³-hybridized carbons (Fsp3) is 0.150. The molecule has 2 aromatic carbocycles. The lowest BCUT2D eigenvalue weighted by molar-refractivity contribution is 0.478. The highest BCUT2D eigenvalue weighted by Crippen LogP contribution is 2.40. The molecular formula is C20H16N2O2S. The fourth-order valence-electron chi connectivity index (χ4n) is 3.94. The van der Waals surface area contributed by atoms with Crippen LogP contribution in [0.3, 0.4) is 0 Å². The molecule has 4 aromatic rings. The first kappa shape index (κ1) is 14.7. The first-order valence-electron chi connectivity index (χ1n) is 8.25. The zero-order valence-electron chi connectivity index (χ0n) is 13.4. The summed E-state index contributed by atoms with van der Waals surface area (Å²) < 4.78 is 0.683. The molecular weight excluding hydrogens is 332 g/mol. The minimum absolute atomic E-state index is 0.0888. The summed E-state index contributed by atoms with van der Waals surface area (Å²) in [6, 6.07) is 11.8. The van der Waals surface area contributed by atoms with Gasteiger partial charge in [0, 0.05) is 27.9 Å². The van der Waals surface area contributed by atoms with Crippen LogP contribution in [0.2, 0.25) is 0 Å². The summed E-state index contributed by atoms with van der Waals surface area (Å²) in [7, 11) is 0. The third-order valence-electron chi connectivity index (χ3n) is 5.03. The maximum Gasteiger partial charge on any atom is 0.266 e. The number of phenolic OH excluding ortho intramolecular Hbond substituents is 1.